The lowest BCUT2D eigenvalue weighted by molar-refractivity contribution is -0.131. The lowest BCUT2D eigenvalue weighted by Gasteiger charge is -2.27. The van der Waals surface area contributed by atoms with Crippen LogP contribution in [0.15, 0.2) is 0 Å². The fourth-order valence-corrected chi connectivity index (χ4v) is 1.89. The maximum Gasteiger partial charge on any atom is 0.223 e. The monoisotopic (exact) mass is 256 g/mol. The number of carbonyl (C=O) groups excluding carboxylic acids is 1. The predicted octanol–water partition coefficient (Wildman–Crippen LogP) is -0.725. The van der Waals surface area contributed by atoms with Gasteiger partial charge >= 0.3 is 0 Å². The summed E-state index contributed by atoms with van der Waals surface area (Å²) in [6.07, 6.45) is 1.26. The van der Waals surface area contributed by atoms with Gasteiger partial charge in [-0.2, -0.15) is 0 Å². The number of halogens is 1. The second-order valence-corrected chi connectivity index (χ2v) is 5.77. The maximum absolute atomic E-state index is 11.5. The molecular weight excluding hydrogens is 240 g/mol. The van der Waals surface area contributed by atoms with E-state index >= 15 is 0 Å². The van der Waals surface area contributed by atoms with Gasteiger partial charge in [-0.15, -0.1) is 12.4 Å². The molecule has 0 radical (unpaired) electrons. The van der Waals surface area contributed by atoms with Gasteiger partial charge in [0.1, 0.15) is 9.84 Å². The third-order valence-corrected chi connectivity index (χ3v) is 3.10. The molecule has 1 heterocycles. The van der Waals surface area contributed by atoms with Crippen LogP contribution in [0.2, 0.25) is 0 Å². The quantitative estimate of drug-likeness (QED) is 0.724. The molecule has 0 atom stereocenters. The normalized spacial score (nSPS) is 17.0. The lowest BCUT2D eigenvalue weighted by Crippen LogP contribution is -2.46. The summed E-state index contributed by atoms with van der Waals surface area (Å²) < 4.78 is 21.7. The summed E-state index contributed by atoms with van der Waals surface area (Å²) in [6.45, 7) is 2.96. The molecule has 7 heteroatoms. The number of sulfone groups is 1. The molecule has 0 spiro atoms. The van der Waals surface area contributed by atoms with Crippen LogP contribution >= 0.6 is 12.4 Å². The number of nitrogens with one attached hydrogen (secondary N) is 1. The average Bonchev–Trinajstić information content (AvgIpc) is 2.14. The van der Waals surface area contributed by atoms with Gasteiger partial charge in [-0.1, -0.05) is 0 Å². The highest BCUT2D eigenvalue weighted by molar-refractivity contribution is 7.90. The first kappa shape index (κ1) is 14.7. The Kier molecular flexibility index (Phi) is 6.16. The molecule has 15 heavy (non-hydrogen) atoms. The molecule has 5 nitrogen and oxygen atoms in total. The number of nitrogens with zero attached hydrogens (tertiary/aromatic N) is 1. The van der Waals surface area contributed by atoms with Crippen LogP contribution < -0.4 is 5.32 Å². The smallest absolute Gasteiger partial charge is 0.223 e. The molecule has 0 aliphatic carbocycles. The van der Waals surface area contributed by atoms with Gasteiger partial charge in [-0.3, -0.25) is 4.79 Å². The molecule has 1 aliphatic heterocycles. The van der Waals surface area contributed by atoms with Crippen molar-refractivity contribution in [3.63, 3.8) is 0 Å². The van der Waals surface area contributed by atoms with Gasteiger partial charge in [-0.05, 0) is 0 Å². The second kappa shape index (κ2) is 6.30. The molecular formula is C8H17ClN2O3S. The van der Waals surface area contributed by atoms with Crippen LogP contribution in [0.25, 0.3) is 0 Å². The number of piperazine rings is 1. The van der Waals surface area contributed by atoms with E-state index in [1.807, 2.05) is 0 Å². The molecule has 0 aromatic heterocycles. The fraction of sp³-hybridized carbons (Fsp3) is 0.875. The third kappa shape index (κ3) is 5.96. The zero-order valence-corrected chi connectivity index (χ0v) is 10.4. The van der Waals surface area contributed by atoms with Gasteiger partial charge in [0.2, 0.25) is 5.91 Å². The maximum atomic E-state index is 11.5. The minimum atomic E-state index is -3.02. The predicted molar refractivity (Wildman–Crippen MR) is 61.0 cm³/mol. The number of amides is 1. The third-order valence-electron chi connectivity index (χ3n) is 2.16. The Labute approximate surface area is 96.5 Å². The molecule has 0 aromatic rings. The van der Waals surface area contributed by atoms with Crippen molar-refractivity contribution < 1.29 is 13.2 Å². The Hall–Kier alpha value is -0.330. The Morgan fingerprint density at radius 3 is 2.33 bits per heavy atom. The molecule has 0 aromatic carbocycles. The topological polar surface area (TPSA) is 66.5 Å². The van der Waals surface area contributed by atoms with Gasteiger partial charge in [0, 0.05) is 38.9 Å². The van der Waals surface area contributed by atoms with Crippen LogP contribution in [0.1, 0.15) is 6.42 Å². The minimum Gasteiger partial charge on any atom is -0.340 e. The standard InChI is InChI=1S/C8H16N2O3S.ClH/c1-14(12,13)7-2-8(11)10-5-3-9-4-6-10;/h9H,2-7H2,1H3;1H. The SMILES string of the molecule is CS(=O)(=O)CCC(=O)N1CCNCC1.Cl. The van der Waals surface area contributed by atoms with E-state index in [0.717, 1.165) is 19.3 Å². The molecule has 1 amide bonds. The van der Waals surface area contributed by atoms with Crippen LogP contribution in [0.5, 0.6) is 0 Å². The molecule has 1 saturated heterocycles. The van der Waals surface area contributed by atoms with Gasteiger partial charge in [0.05, 0.1) is 5.75 Å². The number of rotatable bonds is 3. The van der Waals surface area contributed by atoms with Crippen molar-refractivity contribution in [1.29, 1.82) is 0 Å². The highest BCUT2D eigenvalue weighted by atomic mass is 35.5. The summed E-state index contributed by atoms with van der Waals surface area (Å²) >= 11 is 0. The van der Waals surface area contributed by atoms with E-state index < -0.39 is 9.84 Å². The van der Waals surface area contributed by atoms with E-state index in [9.17, 15) is 13.2 Å². The van der Waals surface area contributed by atoms with E-state index in [1.54, 1.807) is 4.90 Å². The number of carbonyl (C=O) groups is 1. The van der Waals surface area contributed by atoms with Gasteiger partial charge < -0.3 is 10.2 Å². The zero-order valence-electron chi connectivity index (χ0n) is 8.73. The van der Waals surface area contributed by atoms with E-state index in [1.165, 1.54) is 0 Å². The van der Waals surface area contributed by atoms with E-state index in [-0.39, 0.29) is 30.5 Å². The molecule has 1 fully saturated rings. The van der Waals surface area contributed by atoms with Crippen LogP contribution in [-0.4, -0.2) is 57.4 Å². The van der Waals surface area contributed by atoms with Crippen molar-refractivity contribution in [2.75, 3.05) is 38.2 Å². The Balaban J connectivity index is 0.00000196. The van der Waals surface area contributed by atoms with E-state index in [2.05, 4.69) is 5.32 Å². The molecule has 90 valence electrons. The molecule has 0 unspecified atom stereocenters. The van der Waals surface area contributed by atoms with Crippen molar-refractivity contribution >= 4 is 28.2 Å². The van der Waals surface area contributed by atoms with E-state index in [0.29, 0.717) is 13.1 Å². The van der Waals surface area contributed by atoms with Gasteiger partial charge in [-0.25, -0.2) is 8.42 Å². The Morgan fingerprint density at radius 1 is 1.33 bits per heavy atom. The van der Waals surface area contributed by atoms with Crippen LogP contribution in [0.4, 0.5) is 0 Å². The number of hydrogen-bond acceptors (Lipinski definition) is 4. The van der Waals surface area contributed by atoms with Crippen molar-refractivity contribution in [2.24, 2.45) is 0 Å². The van der Waals surface area contributed by atoms with Crippen molar-refractivity contribution in [3.8, 4) is 0 Å². The molecule has 1 rings (SSSR count). The summed E-state index contributed by atoms with van der Waals surface area (Å²) in [5.41, 5.74) is 0. The van der Waals surface area contributed by atoms with Crippen molar-refractivity contribution in [3.05, 3.63) is 0 Å². The van der Waals surface area contributed by atoms with Crippen molar-refractivity contribution in [1.82, 2.24) is 10.2 Å². The van der Waals surface area contributed by atoms with Gasteiger partial charge in [0.15, 0.2) is 0 Å². The minimum absolute atomic E-state index is 0. The van der Waals surface area contributed by atoms with Crippen LogP contribution in [-0.2, 0) is 14.6 Å². The first-order valence-electron chi connectivity index (χ1n) is 4.65. The van der Waals surface area contributed by atoms with Crippen LogP contribution in [0, 0.1) is 0 Å². The highest BCUT2D eigenvalue weighted by Crippen LogP contribution is 1.98. The lowest BCUT2D eigenvalue weighted by atomic mass is 10.3. The largest absolute Gasteiger partial charge is 0.340 e. The molecule has 0 bridgehead atoms. The summed E-state index contributed by atoms with van der Waals surface area (Å²) in [5.74, 6) is -0.104. The fourth-order valence-electron chi connectivity index (χ4n) is 1.35. The Morgan fingerprint density at radius 2 is 1.87 bits per heavy atom. The zero-order chi connectivity index (χ0) is 10.6. The summed E-state index contributed by atoms with van der Waals surface area (Å²) in [5, 5.41) is 3.13. The number of hydrogen-bond donors (Lipinski definition) is 1. The molecule has 0 saturated carbocycles. The van der Waals surface area contributed by atoms with Gasteiger partial charge in [0.25, 0.3) is 0 Å². The van der Waals surface area contributed by atoms with E-state index in [4.69, 9.17) is 0 Å². The summed E-state index contributed by atoms with van der Waals surface area (Å²) in [4.78, 5) is 13.2. The van der Waals surface area contributed by atoms with Crippen molar-refractivity contribution in [2.45, 2.75) is 6.42 Å². The average molecular weight is 257 g/mol. The molecule has 1 N–H and O–H groups in total. The summed E-state index contributed by atoms with van der Waals surface area (Å²) in [7, 11) is -3.02. The summed E-state index contributed by atoms with van der Waals surface area (Å²) in [6, 6.07) is 0. The first-order valence-corrected chi connectivity index (χ1v) is 6.71. The molecule has 1 aliphatic rings. The van der Waals surface area contributed by atoms with Crippen LogP contribution in [0.3, 0.4) is 0 Å². The Bertz CT molecular complexity index is 299. The second-order valence-electron chi connectivity index (χ2n) is 3.51. The first-order chi connectivity index (χ1) is 6.49. The highest BCUT2D eigenvalue weighted by Gasteiger charge is 2.17.